The van der Waals surface area contributed by atoms with Gasteiger partial charge in [-0.1, -0.05) is 50.6 Å². The van der Waals surface area contributed by atoms with E-state index in [1.54, 1.807) is 0 Å². The van der Waals surface area contributed by atoms with Crippen LogP contribution in [0.25, 0.3) is 21.8 Å². The van der Waals surface area contributed by atoms with Gasteiger partial charge in [0.2, 0.25) is 0 Å². The Morgan fingerprint density at radius 2 is 1.81 bits per heavy atom. The summed E-state index contributed by atoms with van der Waals surface area (Å²) in [6.07, 6.45) is 2.87. The second-order valence-corrected chi connectivity index (χ2v) is 7.84. The van der Waals surface area contributed by atoms with Crippen LogP contribution in [0.1, 0.15) is 49.4 Å². The molecule has 0 fully saturated rings. The molecule has 2 heterocycles. The molecule has 0 radical (unpaired) electrons. The fourth-order valence-electron chi connectivity index (χ4n) is 3.77. The number of nitrogens with zero attached hydrogens (tertiary/aromatic N) is 1. The van der Waals surface area contributed by atoms with Gasteiger partial charge in [0.1, 0.15) is 0 Å². The molecule has 0 saturated carbocycles. The van der Waals surface area contributed by atoms with Crippen LogP contribution in [-0.2, 0) is 6.42 Å². The summed E-state index contributed by atoms with van der Waals surface area (Å²) in [6, 6.07) is 17.0. The van der Waals surface area contributed by atoms with Gasteiger partial charge in [-0.3, -0.25) is 4.98 Å². The van der Waals surface area contributed by atoms with E-state index in [0.29, 0.717) is 11.8 Å². The summed E-state index contributed by atoms with van der Waals surface area (Å²) in [7, 11) is 0. The highest BCUT2D eigenvalue weighted by molar-refractivity contribution is 6.32. The Hall–Kier alpha value is -2.32. The largest absolute Gasteiger partial charge is 0.358 e. The first kappa shape index (κ1) is 17.1. The Morgan fingerprint density at radius 3 is 2.62 bits per heavy atom. The van der Waals surface area contributed by atoms with Gasteiger partial charge in [0, 0.05) is 33.2 Å². The molecule has 0 amide bonds. The normalized spacial score (nSPS) is 13.0. The molecule has 4 rings (SSSR count). The standard InChI is InChI=1S/C23H23ClN2/c1-14(2)20-12-16-11-17(26-23(16)13-21(20)24)10-15(3)18-8-9-25-22-7-5-4-6-19(18)22/h4-9,11-15,26H,10H2,1-3H3. The number of halogens is 1. The number of nitrogens with one attached hydrogen (secondary N) is 1. The monoisotopic (exact) mass is 362 g/mol. The Morgan fingerprint density at radius 1 is 1.00 bits per heavy atom. The fraction of sp³-hybridized carbons (Fsp3) is 0.261. The van der Waals surface area contributed by atoms with E-state index in [4.69, 9.17) is 11.6 Å². The summed E-state index contributed by atoms with van der Waals surface area (Å²) in [5.41, 5.74) is 5.96. The number of hydrogen-bond donors (Lipinski definition) is 1. The van der Waals surface area contributed by atoms with E-state index < -0.39 is 0 Å². The zero-order valence-corrected chi connectivity index (χ0v) is 16.1. The third-order valence-corrected chi connectivity index (χ3v) is 5.48. The molecular formula is C23H23ClN2. The van der Waals surface area contributed by atoms with E-state index in [0.717, 1.165) is 22.5 Å². The maximum absolute atomic E-state index is 6.45. The molecular weight excluding hydrogens is 340 g/mol. The third kappa shape index (κ3) is 3.10. The van der Waals surface area contributed by atoms with Gasteiger partial charge in [-0.25, -0.2) is 0 Å². The van der Waals surface area contributed by atoms with Crippen molar-refractivity contribution in [2.75, 3.05) is 0 Å². The highest BCUT2D eigenvalue weighted by Crippen LogP contribution is 2.31. The van der Waals surface area contributed by atoms with Crippen molar-refractivity contribution in [3.05, 3.63) is 76.6 Å². The zero-order chi connectivity index (χ0) is 18.3. The maximum Gasteiger partial charge on any atom is 0.0704 e. The first-order chi connectivity index (χ1) is 12.5. The second kappa shape index (κ2) is 6.77. The average Bonchev–Trinajstić information content (AvgIpc) is 3.01. The van der Waals surface area contributed by atoms with E-state index in [1.165, 1.54) is 27.6 Å². The fourth-order valence-corrected chi connectivity index (χ4v) is 4.15. The second-order valence-electron chi connectivity index (χ2n) is 7.43. The van der Waals surface area contributed by atoms with Gasteiger partial charge in [0.05, 0.1) is 5.52 Å². The number of hydrogen-bond acceptors (Lipinski definition) is 1. The molecule has 0 aliphatic rings. The predicted molar refractivity (Wildman–Crippen MR) is 111 cm³/mol. The van der Waals surface area contributed by atoms with Crippen molar-refractivity contribution in [3.63, 3.8) is 0 Å². The molecule has 26 heavy (non-hydrogen) atoms. The Kier molecular flexibility index (Phi) is 4.46. The van der Waals surface area contributed by atoms with Crippen LogP contribution in [0.2, 0.25) is 5.02 Å². The minimum Gasteiger partial charge on any atom is -0.358 e. The van der Waals surface area contributed by atoms with E-state index in [1.807, 2.05) is 12.3 Å². The van der Waals surface area contributed by atoms with Crippen molar-refractivity contribution in [2.45, 2.75) is 39.0 Å². The SMILES string of the molecule is CC(C)c1cc2cc(CC(C)c3ccnc4ccccc34)[nH]c2cc1Cl. The molecule has 3 heteroatoms. The quantitative estimate of drug-likeness (QED) is 0.423. The van der Waals surface area contributed by atoms with Crippen molar-refractivity contribution in [3.8, 4) is 0 Å². The van der Waals surface area contributed by atoms with Gasteiger partial charge in [-0.2, -0.15) is 0 Å². The number of benzene rings is 2. The maximum atomic E-state index is 6.45. The molecule has 2 aromatic carbocycles. The lowest BCUT2D eigenvalue weighted by Gasteiger charge is -2.13. The summed E-state index contributed by atoms with van der Waals surface area (Å²) >= 11 is 6.45. The van der Waals surface area contributed by atoms with Gasteiger partial charge in [-0.15, -0.1) is 0 Å². The van der Waals surface area contributed by atoms with E-state index >= 15 is 0 Å². The molecule has 0 saturated heterocycles. The molecule has 1 N–H and O–H groups in total. The first-order valence-electron chi connectivity index (χ1n) is 9.17. The van der Waals surface area contributed by atoms with Crippen LogP contribution in [0, 0.1) is 0 Å². The first-order valence-corrected chi connectivity index (χ1v) is 9.55. The van der Waals surface area contributed by atoms with E-state index in [9.17, 15) is 0 Å². The minimum absolute atomic E-state index is 0.399. The van der Waals surface area contributed by atoms with Gasteiger partial charge < -0.3 is 4.98 Å². The smallest absolute Gasteiger partial charge is 0.0704 e. The molecule has 1 atom stereocenters. The lowest BCUT2D eigenvalue weighted by atomic mass is 9.93. The van der Waals surface area contributed by atoms with Crippen molar-refractivity contribution >= 4 is 33.4 Å². The van der Waals surface area contributed by atoms with E-state index in [-0.39, 0.29) is 0 Å². The predicted octanol–water partition coefficient (Wildman–Crippen LogP) is 6.84. The summed E-state index contributed by atoms with van der Waals surface area (Å²) in [5, 5.41) is 3.32. The lowest BCUT2D eigenvalue weighted by molar-refractivity contribution is 0.752. The number of pyridine rings is 1. The van der Waals surface area contributed by atoms with Crippen LogP contribution in [0.5, 0.6) is 0 Å². The summed E-state index contributed by atoms with van der Waals surface area (Å²) < 4.78 is 0. The third-order valence-electron chi connectivity index (χ3n) is 5.16. The van der Waals surface area contributed by atoms with Gasteiger partial charge >= 0.3 is 0 Å². The van der Waals surface area contributed by atoms with Crippen molar-refractivity contribution < 1.29 is 0 Å². The zero-order valence-electron chi connectivity index (χ0n) is 15.4. The number of fused-ring (bicyclic) bond motifs is 2. The molecule has 132 valence electrons. The Bertz CT molecular complexity index is 1070. The van der Waals surface area contributed by atoms with Crippen LogP contribution in [0.15, 0.2) is 54.7 Å². The highest BCUT2D eigenvalue weighted by Gasteiger charge is 2.14. The Labute approximate surface area is 159 Å². The molecule has 1 unspecified atom stereocenters. The summed E-state index contributed by atoms with van der Waals surface area (Å²) in [6.45, 7) is 6.63. The molecule has 2 nitrogen and oxygen atoms in total. The van der Waals surface area contributed by atoms with Crippen molar-refractivity contribution in [1.29, 1.82) is 0 Å². The lowest BCUT2D eigenvalue weighted by Crippen LogP contribution is -2.00. The summed E-state index contributed by atoms with van der Waals surface area (Å²) in [5.74, 6) is 0.823. The van der Waals surface area contributed by atoms with Gasteiger partial charge in [0.25, 0.3) is 0 Å². The molecule has 4 aromatic rings. The average molecular weight is 363 g/mol. The van der Waals surface area contributed by atoms with Crippen LogP contribution in [0.3, 0.4) is 0 Å². The molecule has 0 bridgehead atoms. The highest BCUT2D eigenvalue weighted by atomic mass is 35.5. The Balaban J connectivity index is 1.68. The van der Waals surface area contributed by atoms with Crippen molar-refractivity contribution in [2.24, 2.45) is 0 Å². The molecule has 2 aromatic heterocycles. The number of aromatic amines is 1. The van der Waals surface area contributed by atoms with Crippen LogP contribution in [0.4, 0.5) is 0 Å². The van der Waals surface area contributed by atoms with Gasteiger partial charge in [0.15, 0.2) is 0 Å². The van der Waals surface area contributed by atoms with Crippen LogP contribution < -0.4 is 0 Å². The van der Waals surface area contributed by atoms with Crippen LogP contribution in [-0.4, -0.2) is 9.97 Å². The van der Waals surface area contributed by atoms with Gasteiger partial charge in [-0.05, 0) is 59.7 Å². The minimum atomic E-state index is 0.399. The van der Waals surface area contributed by atoms with Crippen LogP contribution >= 0.6 is 11.6 Å². The van der Waals surface area contributed by atoms with E-state index in [2.05, 4.69) is 73.2 Å². The van der Waals surface area contributed by atoms with Crippen molar-refractivity contribution in [1.82, 2.24) is 9.97 Å². The molecule has 0 aliphatic heterocycles. The summed E-state index contributed by atoms with van der Waals surface area (Å²) in [4.78, 5) is 8.03. The molecule has 0 spiro atoms. The number of H-pyrrole nitrogens is 1. The number of para-hydroxylation sites is 1. The number of aromatic nitrogens is 2. The molecule has 0 aliphatic carbocycles. The number of rotatable bonds is 4. The topological polar surface area (TPSA) is 28.7 Å².